The van der Waals surface area contributed by atoms with Gasteiger partial charge in [0, 0.05) is 31.7 Å². The van der Waals surface area contributed by atoms with Crippen LogP contribution >= 0.6 is 0 Å². The van der Waals surface area contributed by atoms with E-state index in [2.05, 4.69) is 10.6 Å². The third kappa shape index (κ3) is 8.87. The molecule has 3 aliphatic heterocycles. The number of ether oxygens (including phenoxy) is 5. The van der Waals surface area contributed by atoms with Gasteiger partial charge in [-0.15, -0.1) is 0 Å². The number of fused-ring (bicyclic) bond motifs is 1. The summed E-state index contributed by atoms with van der Waals surface area (Å²) in [6.45, 7) is 13.5. The summed E-state index contributed by atoms with van der Waals surface area (Å²) in [5, 5.41) is 29.0. The number of hydrogen-bond donors (Lipinski definition) is 4. The zero-order valence-electron chi connectivity index (χ0n) is 31.0. The number of esters is 1. The average Bonchev–Trinajstić information content (AvgIpc) is 3.33. The number of nitrogens with one attached hydrogen (secondary N) is 2. The molecule has 278 valence electrons. The van der Waals surface area contributed by atoms with Crippen LogP contribution in [0, 0.1) is 17.8 Å². The van der Waals surface area contributed by atoms with Gasteiger partial charge in [0.2, 0.25) is 0 Å². The van der Waals surface area contributed by atoms with Crippen LogP contribution in [-0.4, -0.2) is 152 Å². The molecule has 14 nitrogen and oxygen atoms in total. The number of alkyl carbamates (subject to hydrolysis) is 1. The molecule has 14 heteroatoms. The van der Waals surface area contributed by atoms with Crippen molar-refractivity contribution < 1.29 is 48.3 Å². The number of Topliss-reactive ketones (excluding diaryl/α,β-unsaturated/α-hetero) is 1. The molecule has 0 spiro atoms. The molecule has 0 aromatic rings. The van der Waals surface area contributed by atoms with Crippen molar-refractivity contribution in [2.45, 2.75) is 134 Å². The van der Waals surface area contributed by atoms with E-state index < -0.39 is 89.8 Å². The van der Waals surface area contributed by atoms with Crippen LogP contribution in [0.3, 0.4) is 0 Å². The highest BCUT2D eigenvalue weighted by Crippen LogP contribution is 2.38. The Morgan fingerprint density at radius 3 is 2.29 bits per heavy atom. The normalized spacial score (nSPS) is 42.8. The SMILES string of the molecule is CC[C@H]1OC(=O)C(C)C(=O)[C@H](C)[C@@H](O[C@@H]2O[C@H](C(O)CN(C)C)CC(N(C)C)C2O)[C@](C)(OC)C[C@@H](C)CN[C@H](C)[C@H]2NC(=O)O[C@@]21C. The zero-order chi connectivity index (χ0) is 36.3. The molecule has 14 atom stereocenters. The number of cyclic esters (lactones) is 1. The number of likely N-dealkylation sites (N-methyl/N-ethyl adjacent to an activating group) is 2. The van der Waals surface area contributed by atoms with E-state index in [0.29, 0.717) is 32.4 Å². The molecule has 4 unspecified atom stereocenters. The Bertz CT molecular complexity index is 1110. The molecule has 0 saturated carbocycles. The lowest BCUT2D eigenvalue weighted by atomic mass is 9.78. The number of hydrogen-bond acceptors (Lipinski definition) is 13. The van der Waals surface area contributed by atoms with E-state index in [1.54, 1.807) is 21.0 Å². The van der Waals surface area contributed by atoms with Crippen molar-refractivity contribution in [3.8, 4) is 0 Å². The third-order valence-electron chi connectivity index (χ3n) is 10.6. The van der Waals surface area contributed by atoms with Gasteiger partial charge in [0.05, 0.1) is 30.0 Å². The number of amides is 1. The van der Waals surface area contributed by atoms with Gasteiger partial charge in [-0.25, -0.2) is 4.79 Å². The lowest BCUT2D eigenvalue weighted by Crippen LogP contribution is -2.61. The molecular formula is C34H62N4O10. The first-order valence-electron chi connectivity index (χ1n) is 17.3. The molecule has 0 aromatic heterocycles. The van der Waals surface area contributed by atoms with Gasteiger partial charge in [-0.2, -0.15) is 0 Å². The largest absolute Gasteiger partial charge is 0.458 e. The molecule has 0 bridgehead atoms. The fourth-order valence-electron chi connectivity index (χ4n) is 7.71. The summed E-state index contributed by atoms with van der Waals surface area (Å²) >= 11 is 0. The molecule has 3 aliphatic rings. The predicted octanol–water partition coefficient (Wildman–Crippen LogP) is 1.15. The maximum absolute atomic E-state index is 14.2. The molecule has 0 radical (unpaired) electrons. The molecule has 0 aliphatic carbocycles. The van der Waals surface area contributed by atoms with Crippen molar-refractivity contribution in [2.24, 2.45) is 17.8 Å². The zero-order valence-corrected chi connectivity index (χ0v) is 31.0. The van der Waals surface area contributed by atoms with E-state index in [4.69, 9.17) is 23.7 Å². The van der Waals surface area contributed by atoms with E-state index in [0.717, 1.165) is 0 Å². The van der Waals surface area contributed by atoms with Crippen LogP contribution in [0.25, 0.3) is 0 Å². The predicted molar refractivity (Wildman–Crippen MR) is 178 cm³/mol. The summed E-state index contributed by atoms with van der Waals surface area (Å²) < 4.78 is 30.8. The van der Waals surface area contributed by atoms with Crippen LogP contribution in [-0.2, 0) is 33.3 Å². The van der Waals surface area contributed by atoms with Crippen molar-refractivity contribution in [1.29, 1.82) is 0 Å². The Morgan fingerprint density at radius 1 is 1.08 bits per heavy atom. The Labute approximate surface area is 286 Å². The Balaban J connectivity index is 2.04. The quantitative estimate of drug-likeness (QED) is 0.212. The van der Waals surface area contributed by atoms with Crippen LogP contribution in [0.4, 0.5) is 4.79 Å². The van der Waals surface area contributed by atoms with Crippen LogP contribution < -0.4 is 10.6 Å². The summed E-state index contributed by atoms with van der Waals surface area (Å²) in [5.41, 5.74) is -2.26. The molecule has 3 saturated heterocycles. The number of nitrogens with zero attached hydrogens (tertiary/aromatic N) is 2. The van der Waals surface area contributed by atoms with Crippen LogP contribution in [0.15, 0.2) is 0 Å². The van der Waals surface area contributed by atoms with E-state index in [1.165, 1.54) is 6.92 Å². The number of ketones is 1. The summed E-state index contributed by atoms with van der Waals surface area (Å²) in [5.74, 6) is -3.28. The van der Waals surface area contributed by atoms with Gasteiger partial charge in [-0.3, -0.25) is 9.59 Å². The summed E-state index contributed by atoms with van der Waals surface area (Å²) in [6.07, 6.45) is -5.04. The van der Waals surface area contributed by atoms with Gasteiger partial charge in [0.25, 0.3) is 0 Å². The van der Waals surface area contributed by atoms with Gasteiger partial charge >= 0.3 is 12.1 Å². The van der Waals surface area contributed by atoms with Crippen molar-refractivity contribution in [3.05, 3.63) is 0 Å². The van der Waals surface area contributed by atoms with Gasteiger partial charge in [0.1, 0.15) is 18.1 Å². The van der Waals surface area contributed by atoms with Gasteiger partial charge < -0.3 is 54.3 Å². The smallest absolute Gasteiger partial charge is 0.408 e. The number of aliphatic hydroxyl groups is 2. The minimum absolute atomic E-state index is 0.0149. The molecule has 1 amide bonds. The second kappa shape index (κ2) is 16.4. The number of aliphatic hydroxyl groups excluding tert-OH is 2. The molecule has 3 heterocycles. The Hall–Kier alpha value is -1.91. The van der Waals surface area contributed by atoms with E-state index in [1.807, 2.05) is 65.7 Å². The Kier molecular flexibility index (Phi) is 13.9. The minimum atomic E-state index is -1.20. The first-order valence-corrected chi connectivity index (χ1v) is 17.3. The molecular weight excluding hydrogens is 624 g/mol. The lowest BCUT2D eigenvalue weighted by Gasteiger charge is -2.47. The van der Waals surface area contributed by atoms with Gasteiger partial charge in [-0.1, -0.05) is 20.8 Å². The minimum Gasteiger partial charge on any atom is -0.458 e. The lowest BCUT2D eigenvalue weighted by molar-refractivity contribution is -0.307. The average molecular weight is 687 g/mol. The monoisotopic (exact) mass is 686 g/mol. The molecule has 0 aromatic carbocycles. The van der Waals surface area contributed by atoms with Gasteiger partial charge in [-0.05, 0) is 87.6 Å². The molecule has 3 fully saturated rings. The highest BCUT2D eigenvalue weighted by Gasteiger charge is 2.55. The third-order valence-corrected chi connectivity index (χ3v) is 10.6. The fraction of sp³-hybridized carbons (Fsp3) is 0.912. The number of carbonyl (C=O) groups excluding carboxylic acids is 3. The highest BCUT2D eigenvalue weighted by molar-refractivity contribution is 6.00. The van der Waals surface area contributed by atoms with Crippen molar-refractivity contribution in [3.63, 3.8) is 0 Å². The van der Waals surface area contributed by atoms with Crippen molar-refractivity contribution in [2.75, 3.05) is 48.4 Å². The summed E-state index contributed by atoms with van der Waals surface area (Å²) in [7, 11) is 8.95. The van der Waals surface area contributed by atoms with Gasteiger partial charge in [0.15, 0.2) is 17.7 Å². The second-order valence-corrected chi connectivity index (χ2v) is 15.2. The summed E-state index contributed by atoms with van der Waals surface area (Å²) in [4.78, 5) is 44.0. The number of methoxy groups -OCH3 is 1. The number of rotatable bonds is 8. The Morgan fingerprint density at radius 2 is 1.73 bits per heavy atom. The van der Waals surface area contributed by atoms with Crippen LogP contribution in [0.1, 0.15) is 67.7 Å². The molecule has 48 heavy (non-hydrogen) atoms. The van der Waals surface area contributed by atoms with E-state index in [9.17, 15) is 24.6 Å². The second-order valence-electron chi connectivity index (χ2n) is 15.2. The maximum atomic E-state index is 14.2. The standard InChI is InChI=1S/C34H62N4O10/c1-13-25-34(7)28(36-32(43)48-34)21(5)35-16-18(2)15-33(6,44-12)29(19(3)26(40)20(4)30(42)46-25)47-31-27(41)22(38(10)11)14-24(45-31)23(39)17-37(8)9/h18-25,27-29,31,35,39,41H,13-17H2,1-12H3,(H,36,43)/t18-,19+,20?,21-,22?,23?,24+,25-,27?,28-,29-,31+,33-,34-/m1/s1. The van der Waals surface area contributed by atoms with E-state index in [-0.39, 0.29) is 12.0 Å². The van der Waals surface area contributed by atoms with Crippen LogP contribution in [0.5, 0.6) is 0 Å². The van der Waals surface area contributed by atoms with E-state index >= 15 is 0 Å². The van der Waals surface area contributed by atoms with Crippen molar-refractivity contribution in [1.82, 2.24) is 20.4 Å². The molecule has 3 rings (SSSR count). The van der Waals surface area contributed by atoms with Crippen molar-refractivity contribution >= 4 is 17.8 Å². The fourth-order valence-corrected chi connectivity index (χ4v) is 7.71. The molecule has 4 N–H and O–H groups in total. The first kappa shape index (κ1) is 40.5. The first-order chi connectivity index (χ1) is 22.3. The number of carbonyl (C=O) groups is 3. The van der Waals surface area contributed by atoms with Crippen LogP contribution in [0.2, 0.25) is 0 Å². The summed E-state index contributed by atoms with van der Waals surface area (Å²) in [6, 6.07) is -1.18. The highest BCUT2D eigenvalue weighted by atomic mass is 16.7. The maximum Gasteiger partial charge on any atom is 0.408 e. The topological polar surface area (TPSA) is 168 Å².